The molecule has 0 radical (unpaired) electrons. The number of nitrogens with zero attached hydrogens (tertiary/aromatic N) is 2. The number of aryl methyl sites for hydroxylation is 1. The van der Waals surface area contributed by atoms with Gasteiger partial charge in [0, 0.05) is 0 Å². The van der Waals surface area contributed by atoms with E-state index in [1.54, 1.807) is 36.4 Å². The minimum atomic E-state index is -4.07. The third-order valence-corrected chi connectivity index (χ3v) is 6.68. The smallest absolute Gasteiger partial charge is 0.335 e. The number of hydrogen-bond acceptors (Lipinski definition) is 6. The standard InChI is InChI=1S/C25H25N3O6S/c1-3-34-22-12-14-23(15-13-22)35(32,33)28(21-10-4-18(2)5-11-21)17-24(29)27-26-16-19-6-8-20(9-7-19)25(30)31/h4-16H,3,17H2,1-2H3,(H,27,29)(H,30,31)/b26-16-. The van der Waals surface area contributed by atoms with Crippen LogP contribution in [0.25, 0.3) is 0 Å². The van der Waals surface area contributed by atoms with Crippen molar-refractivity contribution in [1.82, 2.24) is 5.43 Å². The first-order chi connectivity index (χ1) is 16.7. The monoisotopic (exact) mass is 495 g/mol. The van der Waals surface area contributed by atoms with Crippen molar-refractivity contribution >= 4 is 33.8 Å². The molecule has 35 heavy (non-hydrogen) atoms. The minimum absolute atomic E-state index is 0.0105. The molecule has 3 aromatic carbocycles. The van der Waals surface area contributed by atoms with Crippen LogP contribution in [0.3, 0.4) is 0 Å². The number of ether oxygens (including phenoxy) is 1. The second-order valence-electron chi connectivity index (χ2n) is 7.47. The van der Waals surface area contributed by atoms with Crippen molar-refractivity contribution in [3.05, 3.63) is 89.5 Å². The summed E-state index contributed by atoms with van der Waals surface area (Å²) in [7, 11) is -4.07. The second-order valence-corrected chi connectivity index (χ2v) is 9.33. The van der Waals surface area contributed by atoms with Crippen LogP contribution >= 0.6 is 0 Å². The zero-order valence-corrected chi connectivity index (χ0v) is 20.0. The van der Waals surface area contributed by atoms with E-state index < -0.39 is 28.4 Å². The van der Waals surface area contributed by atoms with Crippen molar-refractivity contribution in [2.45, 2.75) is 18.7 Å². The van der Waals surface area contributed by atoms with E-state index in [1.165, 1.54) is 42.6 Å². The van der Waals surface area contributed by atoms with E-state index in [1.807, 2.05) is 13.8 Å². The molecule has 3 rings (SSSR count). The summed E-state index contributed by atoms with van der Waals surface area (Å²) < 4.78 is 33.2. The molecular weight excluding hydrogens is 470 g/mol. The number of anilines is 1. The van der Waals surface area contributed by atoms with E-state index in [-0.39, 0.29) is 10.5 Å². The van der Waals surface area contributed by atoms with Gasteiger partial charge >= 0.3 is 5.97 Å². The first kappa shape index (κ1) is 25.4. The topological polar surface area (TPSA) is 125 Å². The normalized spacial score (nSPS) is 11.3. The molecule has 10 heteroatoms. The molecule has 3 aromatic rings. The highest BCUT2D eigenvalue weighted by molar-refractivity contribution is 7.92. The van der Waals surface area contributed by atoms with Crippen molar-refractivity contribution in [3.8, 4) is 5.75 Å². The number of aromatic carboxylic acids is 1. The van der Waals surface area contributed by atoms with Gasteiger partial charge in [0.1, 0.15) is 12.3 Å². The maximum Gasteiger partial charge on any atom is 0.335 e. The molecule has 0 aliphatic carbocycles. The van der Waals surface area contributed by atoms with Gasteiger partial charge in [-0.25, -0.2) is 18.6 Å². The van der Waals surface area contributed by atoms with Gasteiger partial charge in [-0.05, 0) is 67.9 Å². The van der Waals surface area contributed by atoms with Crippen LogP contribution in [0.5, 0.6) is 5.75 Å². The number of benzene rings is 3. The highest BCUT2D eigenvalue weighted by atomic mass is 32.2. The van der Waals surface area contributed by atoms with Crippen molar-refractivity contribution < 1.29 is 27.9 Å². The zero-order chi connectivity index (χ0) is 25.4. The molecule has 0 unspecified atom stereocenters. The molecule has 2 N–H and O–H groups in total. The molecule has 0 spiro atoms. The number of carboxylic acid groups (broad SMARTS) is 1. The predicted octanol–water partition coefficient (Wildman–Crippen LogP) is 3.44. The van der Waals surface area contributed by atoms with Crippen LogP contribution in [-0.2, 0) is 14.8 Å². The molecule has 0 bridgehead atoms. The van der Waals surface area contributed by atoms with Crippen LogP contribution in [0.2, 0.25) is 0 Å². The number of rotatable bonds is 10. The lowest BCUT2D eigenvalue weighted by Crippen LogP contribution is -2.39. The Morgan fingerprint density at radius 1 is 1.00 bits per heavy atom. The first-order valence-electron chi connectivity index (χ1n) is 10.7. The molecule has 0 fully saturated rings. The quantitative estimate of drug-likeness (QED) is 0.328. The van der Waals surface area contributed by atoms with Gasteiger partial charge in [0.05, 0.1) is 29.0 Å². The van der Waals surface area contributed by atoms with Gasteiger partial charge < -0.3 is 9.84 Å². The van der Waals surface area contributed by atoms with E-state index in [0.29, 0.717) is 23.6 Å². The van der Waals surface area contributed by atoms with Gasteiger partial charge in [-0.15, -0.1) is 0 Å². The average molecular weight is 496 g/mol. The van der Waals surface area contributed by atoms with Crippen molar-refractivity contribution in [2.24, 2.45) is 5.10 Å². The van der Waals surface area contributed by atoms with Gasteiger partial charge in [0.25, 0.3) is 15.9 Å². The van der Waals surface area contributed by atoms with Gasteiger partial charge in [-0.1, -0.05) is 29.8 Å². The SMILES string of the molecule is CCOc1ccc(S(=O)(=O)N(CC(=O)N/N=C\c2ccc(C(=O)O)cc2)c2ccc(C)cc2)cc1. The highest BCUT2D eigenvalue weighted by Crippen LogP contribution is 2.25. The Morgan fingerprint density at radius 3 is 2.20 bits per heavy atom. The number of hydrazone groups is 1. The van der Waals surface area contributed by atoms with Crippen molar-refractivity contribution in [1.29, 1.82) is 0 Å². The summed E-state index contributed by atoms with van der Waals surface area (Å²) in [6.45, 7) is 3.65. The fourth-order valence-electron chi connectivity index (χ4n) is 3.08. The molecule has 1 amide bonds. The van der Waals surface area contributed by atoms with E-state index >= 15 is 0 Å². The fourth-order valence-corrected chi connectivity index (χ4v) is 4.51. The zero-order valence-electron chi connectivity index (χ0n) is 19.2. The summed E-state index contributed by atoms with van der Waals surface area (Å²) in [5.74, 6) is -1.16. The van der Waals surface area contributed by atoms with Crippen LogP contribution < -0.4 is 14.5 Å². The van der Waals surface area contributed by atoms with Gasteiger partial charge in [0.15, 0.2) is 0 Å². The number of sulfonamides is 1. The molecule has 0 aliphatic heterocycles. The number of carbonyl (C=O) groups is 2. The lowest BCUT2D eigenvalue weighted by molar-refractivity contribution is -0.119. The van der Waals surface area contributed by atoms with Crippen LogP contribution in [0.4, 0.5) is 5.69 Å². The van der Waals surface area contributed by atoms with E-state index in [2.05, 4.69) is 10.5 Å². The number of hydrogen-bond donors (Lipinski definition) is 2. The van der Waals surface area contributed by atoms with E-state index in [9.17, 15) is 18.0 Å². The Kier molecular flexibility index (Phi) is 8.21. The van der Waals surface area contributed by atoms with Gasteiger partial charge in [-0.2, -0.15) is 5.10 Å². The number of amides is 1. The molecule has 0 aromatic heterocycles. The summed E-state index contributed by atoms with van der Waals surface area (Å²) in [5, 5.41) is 12.8. The van der Waals surface area contributed by atoms with Crippen LogP contribution in [0, 0.1) is 6.92 Å². The highest BCUT2D eigenvalue weighted by Gasteiger charge is 2.27. The summed E-state index contributed by atoms with van der Waals surface area (Å²) >= 11 is 0. The van der Waals surface area contributed by atoms with E-state index in [4.69, 9.17) is 9.84 Å². The number of carbonyl (C=O) groups excluding carboxylic acids is 1. The summed E-state index contributed by atoms with van der Waals surface area (Å²) in [4.78, 5) is 23.6. The second kappa shape index (κ2) is 11.3. The third kappa shape index (κ3) is 6.67. The molecule has 0 saturated carbocycles. The Labute approximate surface area is 203 Å². The predicted molar refractivity (Wildman–Crippen MR) is 132 cm³/mol. The molecule has 0 aliphatic rings. The maximum atomic E-state index is 13.4. The maximum absolute atomic E-state index is 13.4. The molecule has 9 nitrogen and oxygen atoms in total. The van der Waals surface area contributed by atoms with Crippen molar-refractivity contribution in [2.75, 3.05) is 17.5 Å². The first-order valence-corrected chi connectivity index (χ1v) is 12.1. The molecule has 182 valence electrons. The molecule has 0 atom stereocenters. The number of nitrogens with one attached hydrogen (secondary N) is 1. The van der Waals surface area contributed by atoms with Crippen LogP contribution in [0.1, 0.15) is 28.4 Å². The Hall–Kier alpha value is -4.18. The molecule has 0 heterocycles. The van der Waals surface area contributed by atoms with Gasteiger partial charge in [-0.3, -0.25) is 9.10 Å². The summed E-state index contributed by atoms with van der Waals surface area (Å²) in [6.07, 6.45) is 1.33. The summed E-state index contributed by atoms with van der Waals surface area (Å²) in [6, 6.07) is 18.6. The molecule has 0 saturated heterocycles. The lowest BCUT2D eigenvalue weighted by atomic mass is 10.1. The van der Waals surface area contributed by atoms with Gasteiger partial charge in [0.2, 0.25) is 0 Å². The number of carboxylic acids is 1. The Bertz CT molecular complexity index is 1300. The lowest BCUT2D eigenvalue weighted by Gasteiger charge is -2.24. The average Bonchev–Trinajstić information content (AvgIpc) is 2.84. The summed E-state index contributed by atoms with van der Waals surface area (Å²) in [5.41, 5.74) is 4.27. The minimum Gasteiger partial charge on any atom is -0.494 e. The Morgan fingerprint density at radius 2 is 1.63 bits per heavy atom. The van der Waals surface area contributed by atoms with E-state index in [0.717, 1.165) is 9.87 Å². The fraction of sp³-hybridized carbons (Fsp3) is 0.160. The third-order valence-electron chi connectivity index (χ3n) is 4.89. The van der Waals surface area contributed by atoms with Crippen molar-refractivity contribution in [3.63, 3.8) is 0 Å². The van der Waals surface area contributed by atoms with Crippen LogP contribution in [0.15, 0.2) is 82.8 Å². The largest absolute Gasteiger partial charge is 0.494 e. The molecular formula is C25H25N3O6S. The van der Waals surface area contributed by atoms with Crippen LogP contribution in [-0.4, -0.2) is 44.8 Å². The Balaban J connectivity index is 1.79.